The third kappa shape index (κ3) is 5.09. The highest BCUT2D eigenvalue weighted by Crippen LogP contribution is 2.21. The lowest BCUT2D eigenvalue weighted by Gasteiger charge is -2.18. The van der Waals surface area contributed by atoms with Crippen molar-refractivity contribution in [2.75, 3.05) is 17.8 Å². The minimum Gasteiger partial charge on any atom is -0.280 e. The van der Waals surface area contributed by atoms with Crippen LogP contribution in [0.25, 0.3) is 0 Å². The highest BCUT2D eigenvalue weighted by atomic mass is 32.2. The van der Waals surface area contributed by atoms with Gasteiger partial charge in [0, 0.05) is 18.8 Å². The Morgan fingerprint density at radius 2 is 1.30 bits per heavy atom. The summed E-state index contributed by atoms with van der Waals surface area (Å²) in [5.74, 6) is 0. The van der Waals surface area contributed by atoms with Crippen LogP contribution in [0.15, 0.2) is 58.3 Å². The van der Waals surface area contributed by atoms with Crippen LogP contribution in [-0.4, -0.2) is 34.2 Å². The molecule has 2 aromatic carbocycles. The zero-order chi connectivity index (χ0) is 20.1. The van der Waals surface area contributed by atoms with Crippen molar-refractivity contribution >= 4 is 25.7 Å². The molecule has 148 valence electrons. The van der Waals surface area contributed by atoms with E-state index in [0.717, 1.165) is 18.4 Å². The molecule has 0 saturated carbocycles. The fourth-order valence-electron chi connectivity index (χ4n) is 2.75. The SMILES string of the molecule is CCCc1ccc(NS(=O)(=O)c2ccc(S(=O)(=O)N(CC)CC)cc2)cc1. The third-order valence-electron chi connectivity index (χ3n) is 4.22. The van der Waals surface area contributed by atoms with Crippen molar-refractivity contribution in [2.45, 2.75) is 43.4 Å². The van der Waals surface area contributed by atoms with E-state index in [9.17, 15) is 16.8 Å². The average molecular weight is 411 g/mol. The molecule has 0 spiro atoms. The number of aryl methyl sites for hydroxylation is 1. The number of nitrogens with zero attached hydrogens (tertiary/aromatic N) is 1. The normalized spacial score (nSPS) is 12.3. The molecule has 0 fully saturated rings. The van der Waals surface area contributed by atoms with Crippen LogP contribution in [-0.2, 0) is 26.5 Å². The number of sulfonamides is 2. The molecular formula is C19H26N2O4S2. The zero-order valence-corrected chi connectivity index (χ0v) is 17.5. The van der Waals surface area contributed by atoms with Crippen LogP contribution in [0.3, 0.4) is 0 Å². The van der Waals surface area contributed by atoms with E-state index in [1.54, 1.807) is 26.0 Å². The summed E-state index contributed by atoms with van der Waals surface area (Å²) in [4.78, 5) is 0.0905. The van der Waals surface area contributed by atoms with Gasteiger partial charge in [-0.25, -0.2) is 16.8 Å². The minimum atomic E-state index is -3.79. The van der Waals surface area contributed by atoms with Crippen molar-refractivity contribution in [3.8, 4) is 0 Å². The maximum absolute atomic E-state index is 12.5. The lowest BCUT2D eigenvalue weighted by atomic mass is 10.1. The van der Waals surface area contributed by atoms with Gasteiger partial charge in [0.2, 0.25) is 10.0 Å². The third-order valence-corrected chi connectivity index (χ3v) is 7.68. The predicted octanol–water partition coefficient (Wildman–Crippen LogP) is 3.47. The van der Waals surface area contributed by atoms with Crippen LogP contribution in [0.5, 0.6) is 0 Å². The molecule has 0 unspecified atom stereocenters. The number of rotatable bonds is 9. The van der Waals surface area contributed by atoms with Crippen LogP contribution < -0.4 is 4.72 Å². The quantitative estimate of drug-likeness (QED) is 0.686. The van der Waals surface area contributed by atoms with Crippen LogP contribution in [0.2, 0.25) is 0 Å². The molecule has 0 aliphatic heterocycles. The highest BCUT2D eigenvalue weighted by Gasteiger charge is 2.22. The second-order valence-electron chi connectivity index (χ2n) is 6.11. The molecule has 8 heteroatoms. The maximum atomic E-state index is 12.5. The lowest BCUT2D eigenvalue weighted by molar-refractivity contribution is 0.445. The summed E-state index contributed by atoms with van der Waals surface area (Å²) in [6, 6.07) is 12.5. The first kappa shape index (κ1) is 21.4. The van der Waals surface area contributed by atoms with Gasteiger partial charge in [0.25, 0.3) is 10.0 Å². The van der Waals surface area contributed by atoms with E-state index < -0.39 is 20.0 Å². The van der Waals surface area contributed by atoms with Crippen molar-refractivity contribution in [2.24, 2.45) is 0 Å². The molecular weight excluding hydrogens is 384 g/mol. The van der Waals surface area contributed by atoms with E-state index in [2.05, 4.69) is 11.6 Å². The van der Waals surface area contributed by atoms with Gasteiger partial charge in [-0.2, -0.15) is 4.31 Å². The van der Waals surface area contributed by atoms with E-state index in [4.69, 9.17) is 0 Å². The van der Waals surface area contributed by atoms with Crippen molar-refractivity contribution in [1.82, 2.24) is 4.31 Å². The summed E-state index contributed by atoms with van der Waals surface area (Å²) in [5.41, 5.74) is 1.61. The molecule has 0 radical (unpaired) electrons. The molecule has 0 aliphatic rings. The predicted molar refractivity (Wildman–Crippen MR) is 108 cm³/mol. The minimum absolute atomic E-state index is 0.0126. The molecule has 6 nitrogen and oxygen atoms in total. The number of hydrogen-bond donors (Lipinski definition) is 1. The van der Waals surface area contributed by atoms with E-state index in [1.165, 1.54) is 28.6 Å². The number of benzene rings is 2. The van der Waals surface area contributed by atoms with Crippen LogP contribution in [0.1, 0.15) is 32.8 Å². The summed E-state index contributed by atoms with van der Waals surface area (Å²) < 4.78 is 53.9. The molecule has 0 atom stereocenters. The van der Waals surface area contributed by atoms with Gasteiger partial charge in [0.1, 0.15) is 0 Å². The summed E-state index contributed by atoms with van der Waals surface area (Å²) in [6.45, 7) is 6.31. The lowest BCUT2D eigenvalue weighted by Crippen LogP contribution is -2.30. The molecule has 27 heavy (non-hydrogen) atoms. The second kappa shape index (κ2) is 8.86. The Balaban J connectivity index is 2.22. The summed E-state index contributed by atoms with van der Waals surface area (Å²) in [7, 11) is -7.41. The maximum Gasteiger partial charge on any atom is 0.261 e. The molecule has 1 N–H and O–H groups in total. The van der Waals surface area contributed by atoms with Crippen molar-refractivity contribution in [1.29, 1.82) is 0 Å². The van der Waals surface area contributed by atoms with Crippen LogP contribution in [0.4, 0.5) is 5.69 Å². The van der Waals surface area contributed by atoms with E-state index in [1.807, 2.05) is 12.1 Å². The molecule has 0 amide bonds. The summed E-state index contributed by atoms with van der Waals surface area (Å²) in [5, 5.41) is 0. The van der Waals surface area contributed by atoms with Gasteiger partial charge in [-0.15, -0.1) is 0 Å². The number of hydrogen-bond acceptors (Lipinski definition) is 4. The second-order valence-corrected chi connectivity index (χ2v) is 9.73. The Kier molecular flexibility index (Phi) is 7.02. The molecule has 2 rings (SSSR count). The van der Waals surface area contributed by atoms with Crippen molar-refractivity contribution in [3.63, 3.8) is 0 Å². The van der Waals surface area contributed by atoms with Gasteiger partial charge < -0.3 is 0 Å². The standard InChI is InChI=1S/C19H26N2O4S2/c1-4-7-16-8-10-17(11-9-16)20-26(22,23)18-12-14-19(15-13-18)27(24,25)21(5-2)6-3/h8-15,20H,4-7H2,1-3H3. The van der Waals surface area contributed by atoms with Gasteiger partial charge in [0.05, 0.1) is 9.79 Å². The van der Waals surface area contributed by atoms with Crippen LogP contribution >= 0.6 is 0 Å². The molecule has 0 saturated heterocycles. The van der Waals surface area contributed by atoms with Gasteiger partial charge in [-0.3, -0.25) is 4.72 Å². The molecule has 0 aliphatic carbocycles. The Bertz CT molecular complexity index is 948. The Morgan fingerprint density at radius 3 is 1.78 bits per heavy atom. The molecule has 0 heterocycles. The van der Waals surface area contributed by atoms with Crippen LogP contribution in [0, 0.1) is 0 Å². The smallest absolute Gasteiger partial charge is 0.261 e. The van der Waals surface area contributed by atoms with Gasteiger partial charge in [-0.05, 0) is 48.4 Å². The molecule has 2 aromatic rings. The fraction of sp³-hybridized carbons (Fsp3) is 0.368. The van der Waals surface area contributed by atoms with E-state index in [0.29, 0.717) is 18.8 Å². The van der Waals surface area contributed by atoms with Gasteiger partial charge >= 0.3 is 0 Å². The monoisotopic (exact) mass is 410 g/mol. The first-order chi connectivity index (χ1) is 12.7. The Morgan fingerprint density at radius 1 is 0.778 bits per heavy atom. The van der Waals surface area contributed by atoms with Gasteiger partial charge in [-0.1, -0.05) is 39.3 Å². The first-order valence-corrected chi connectivity index (χ1v) is 11.9. The number of nitrogens with one attached hydrogen (secondary N) is 1. The topological polar surface area (TPSA) is 83.5 Å². The average Bonchev–Trinajstić information content (AvgIpc) is 2.64. The van der Waals surface area contributed by atoms with E-state index in [-0.39, 0.29) is 9.79 Å². The zero-order valence-electron chi connectivity index (χ0n) is 15.8. The van der Waals surface area contributed by atoms with Crippen molar-refractivity contribution in [3.05, 3.63) is 54.1 Å². The Hall–Kier alpha value is -1.90. The largest absolute Gasteiger partial charge is 0.280 e. The summed E-state index contributed by atoms with van der Waals surface area (Å²) >= 11 is 0. The van der Waals surface area contributed by atoms with E-state index >= 15 is 0 Å². The molecule has 0 bridgehead atoms. The first-order valence-electron chi connectivity index (χ1n) is 8.96. The number of anilines is 1. The fourth-order valence-corrected chi connectivity index (χ4v) is 5.26. The Labute approximate surface area is 162 Å². The molecule has 0 aromatic heterocycles. The van der Waals surface area contributed by atoms with Crippen molar-refractivity contribution < 1.29 is 16.8 Å². The summed E-state index contributed by atoms with van der Waals surface area (Å²) in [6.07, 6.45) is 1.96. The van der Waals surface area contributed by atoms with Gasteiger partial charge in [0.15, 0.2) is 0 Å². The highest BCUT2D eigenvalue weighted by molar-refractivity contribution is 7.92.